The fourth-order valence-corrected chi connectivity index (χ4v) is 8.00. The molecule has 2 aromatic heterocycles. The summed E-state index contributed by atoms with van der Waals surface area (Å²) in [6.07, 6.45) is 1.11. The third kappa shape index (κ3) is 8.86. The number of ether oxygens (including phenoxy) is 2. The van der Waals surface area contributed by atoms with Crippen molar-refractivity contribution in [1.29, 1.82) is 0 Å². The fraction of sp³-hybridized carbons (Fsp3) is 0.143. The molecule has 3 heterocycles. The number of nitrogens with one attached hydrogen (secondary N) is 1. The highest BCUT2D eigenvalue weighted by Crippen LogP contribution is 2.41. The van der Waals surface area contributed by atoms with Gasteiger partial charge in [0.2, 0.25) is 0 Å². The normalized spacial score (nSPS) is 16.5. The number of hydrogen-bond donors (Lipinski definition) is 2. The number of aliphatic hydroxyl groups excluding tert-OH is 1. The second-order valence-electron chi connectivity index (χ2n) is 14.3. The first kappa shape index (κ1) is 38.1. The lowest BCUT2D eigenvalue weighted by molar-refractivity contribution is -0.245. The van der Waals surface area contributed by atoms with Crippen molar-refractivity contribution in [2.75, 3.05) is 5.75 Å². The molecule has 59 heavy (non-hydrogen) atoms. The van der Waals surface area contributed by atoms with E-state index in [1.54, 1.807) is 0 Å². The Balaban J connectivity index is 0.909. The molecule has 0 bridgehead atoms. The summed E-state index contributed by atoms with van der Waals surface area (Å²) in [6.45, 7) is 0.324. The Morgan fingerprint density at radius 1 is 0.678 bits per heavy atom. The molecule has 292 valence electrons. The minimum absolute atomic E-state index is 0.0205. The van der Waals surface area contributed by atoms with Crippen molar-refractivity contribution in [1.82, 2.24) is 20.3 Å². The first-order chi connectivity index (χ1) is 29.1. The standard InChI is InChI=1S/C49H40N4O5S/c54-30-32-18-20-35(21-19-32)44-27-40(31-59-49-53-45(36-11-3-1-4-12-36)46(58-49)37-13-5-2-6-14-37)56-48(57-44)38-24-22-34(23-25-38)39-15-9-10-33(26-39)28-51-47(55)43-29-50-41-16-7-8-17-42(41)52-43/h1-26,29,40,44,48,54H,27-28,30-31H2,(H,51,55)/t40-,44+,48+/m0/s1. The second kappa shape index (κ2) is 17.6. The lowest BCUT2D eigenvalue weighted by Crippen LogP contribution is -2.31. The molecule has 10 heteroatoms. The number of carbonyl (C=O) groups is 1. The molecule has 2 N–H and O–H groups in total. The number of nitrogens with zero attached hydrogens (tertiary/aromatic N) is 3. The first-order valence-corrected chi connectivity index (χ1v) is 20.5. The molecule has 9 nitrogen and oxygen atoms in total. The van der Waals surface area contributed by atoms with E-state index in [1.165, 1.54) is 18.0 Å². The van der Waals surface area contributed by atoms with Gasteiger partial charge < -0.3 is 24.3 Å². The van der Waals surface area contributed by atoms with Crippen molar-refractivity contribution in [2.24, 2.45) is 0 Å². The Morgan fingerprint density at radius 3 is 2.14 bits per heavy atom. The van der Waals surface area contributed by atoms with Crippen LogP contribution in [0.5, 0.6) is 0 Å². The Morgan fingerprint density at radius 2 is 1.37 bits per heavy atom. The number of benzene rings is 6. The molecule has 1 aliphatic heterocycles. The highest BCUT2D eigenvalue weighted by molar-refractivity contribution is 7.99. The van der Waals surface area contributed by atoms with Crippen LogP contribution in [0.1, 0.15) is 51.6 Å². The van der Waals surface area contributed by atoms with E-state index in [-0.39, 0.29) is 30.4 Å². The number of rotatable bonds is 12. The lowest BCUT2D eigenvalue weighted by Gasteiger charge is -2.36. The summed E-state index contributed by atoms with van der Waals surface area (Å²) in [5.41, 5.74) is 10.2. The van der Waals surface area contributed by atoms with E-state index in [4.69, 9.17) is 18.9 Å². The Bertz CT molecular complexity index is 2620. The van der Waals surface area contributed by atoms with Crippen LogP contribution in [0, 0.1) is 0 Å². The van der Waals surface area contributed by atoms with Crippen molar-refractivity contribution < 1.29 is 23.8 Å². The van der Waals surface area contributed by atoms with Gasteiger partial charge in [0.1, 0.15) is 11.4 Å². The van der Waals surface area contributed by atoms with Gasteiger partial charge in [0.15, 0.2) is 12.1 Å². The highest BCUT2D eigenvalue weighted by Gasteiger charge is 2.33. The van der Waals surface area contributed by atoms with Crippen molar-refractivity contribution in [3.8, 4) is 33.7 Å². The number of thioether (sulfide) groups is 1. The van der Waals surface area contributed by atoms with E-state index in [2.05, 4.69) is 39.6 Å². The van der Waals surface area contributed by atoms with Crippen LogP contribution < -0.4 is 5.32 Å². The zero-order valence-corrected chi connectivity index (χ0v) is 32.8. The molecule has 1 amide bonds. The lowest BCUT2D eigenvalue weighted by atomic mass is 9.99. The molecule has 9 rings (SSSR count). The minimum atomic E-state index is -0.616. The molecule has 1 fully saturated rings. The van der Waals surface area contributed by atoms with Gasteiger partial charge in [-0.15, -0.1) is 0 Å². The van der Waals surface area contributed by atoms with Crippen LogP contribution in [0.15, 0.2) is 174 Å². The molecular formula is C49H40N4O5S. The maximum absolute atomic E-state index is 12.9. The van der Waals surface area contributed by atoms with Gasteiger partial charge >= 0.3 is 0 Å². The van der Waals surface area contributed by atoms with Gasteiger partial charge in [0.05, 0.1) is 36.0 Å². The number of amides is 1. The average molecular weight is 797 g/mol. The summed E-state index contributed by atoms with van der Waals surface area (Å²) in [4.78, 5) is 26.8. The number of oxazole rings is 1. The fourth-order valence-electron chi connectivity index (χ4n) is 7.16. The Kier molecular flexibility index (Phi) is 11.4. The number of para-hydroxylation sites is 2. The number of carbonyl (C=O) groups excluding carboxylic acids is 1. The van der Waals surface area contributed by atoms with Gasteiger partial charge in [-0.05, 0) is 46.0 Å². The second-order valence-corrected chi connectivity index (χ2v) is 15.3. The summed E-state index contributed by atoms with van der Waals surface area (Å²) >= 11 is 1.53. The van der Waals surface area contributed by atoms with Crippen molar-refractivity contribution in [2.45, 2.75) is 43.3 Å². The third-order valence-corrected chi connectivity index (χ3v) is 11.2. The van der Waals surface area contributed by atoms with E-state index in [9.17, 15) is 9.90 Å². The molecule has 0 aliphatic carbocycles. The zero-order chi connectivity index (χ0) is 40.0. The van der Waals surface area contributed by atoms with Gasteiger partial charge in [-0.25, -0.2) is 9.97 Å². The summed E-state index contributed by atoms with van der Waals surface area (Å²) < 4.78 is 19.8. The quantitative estimate of drug-likeness (QED) is 0.116. The highest BCUT2D eigenvalue weighted by atomic mass is 32.2. The maximum atomic E-state index is 12.9. The zero-order valence-electron chi connectivity index (χ0n) is 32.0. The summed E-state index contributed by atoms with van der Waals surface area (Å²) in [5.74, 6) is 1.06. The Labute approximate surface area is 346 Å². The smallest absolute Gasteiger partial charge is 0.271 e. The van der Waals surface area contributed by atoms with Gasteiger partial charge in [-0.1, -0.05) is 151 Å². The van der Waals surface area contributed by atoms with E-state index in [0.717, 1.165) is 61.5 Å². The van der Waals surface area contributed by atoms with Crippen LogP contribution in [-0.4, -0.2) is 37.8 Å². The summed E-state index contributed by atoms with van der Waals surface area (Å²) in [5, 5.41) is 13.2. The van der Waals surface area contributed by atoms with E-state index < -0.39 is 6.29 Å². The predicted octanol–water partition coefficient (Wildman–Crippen LogP) is 10.4. The molecule has 8 aromatic rings. The molecule has 0 unspecified atom stereocenters. The van der Waals surface area contributed by atoms with Crippen LogP contribution in [-0.2, 0) is 22.6 Å². The molecule has 0 spiro atoms. The summed E-state index contributed by atoms with van der Waals surface area (Å²) in [6, 6.07) is 51.9. The molecule has 6 aromatic carbocycles. The van der Waals surface area contributed by atoms with E-state index in [0.29, 0.717) is 29.5 Å². The monoisotopic (exact) mass is 796 g/mol. The topological polar surface area (TPSA) is 120 Å². The number of aliphatic hydroxyl groups is 1. The molecule has 1 aliphatic rings. The van der Waals surface area contributed by atoms with Crippen LogP contribution in [0.2, 0.25) is 0 Å². The third-order valence-electron chi connectivity index (χ3n) is 10.3. The van der Waals surface area contributed by atoms with Crippen LogP contribution in [0.25, 0.3) is 44.7 Å². The van der Waals surface area contributed by atoms with E-state index >= 15 is 0 Å². The first-order valence-electron chi connectivity index (χ1n) is 19.5. The summed E-state index contributed by atoms with van der Waals surface area (Å²) in [7, 11) is 0. The SMILES string of the molecule is O=C(NCc1cccc(-c2ccc([C@@H]3O[C@H](CSc4nc(-c5ccccc5)c(-c5ccccc5)o4)C[C@H](c4ccc(CO)cc4)O3)cc2)c1)c1cnc2ccccc2n1. The minimum Gasteiger partial charge on any atom is -0.431 e. The van der Waals surface area contributed by atoms with Crippen LogP contribution in [0.4, 0.5) is 0 Å². The van der Waals surface area contributed by atoms with Gasteiger partial charge in [0, 0.05) is 35.4 Å². The van der Waals surface area contributed by atoms with E-state index in [1.807, 2.05) is 133 Å². The maximum Gasteiger partial charge on any atom is 0.271 e. The molecular weight excluding hydrogens is 757 g/mol. The number of aromatic nitrogens is 3. The molecule has 0 radical (unpaired) electrons. The van der Waals surface area contributed by atoms with Crippen molar-refractivity contribution in [3.05, 3.63) is 192 Å². The molecule has 0 saturated carbocycles. The molecule has 1 saturated heterocycles. The number of fused-ring (bicyclic) bond motifs is 1. The largest absolute Gasteiger partial charge is 0.431 e. The molecule has 3 atom stereocenters. The van der Waals surface area contributed by atoms with Gasteiger partial charge in [-0.3, -0.25) is 9.78 Å². The van der Waals surface area contributed by atoms with Gasteiger partial charge in [-0.2, -0.15) is 0 Å². The predicted molar refractivity (Wildman–Crippen MR) is 229 cm³/mol. The van der Waals surface area contributed by atoms with Crippen LogP contribution >= 0.6 is 11.8 Å². The van der Waals surface area contributed by atoms with Gasteiger partial charge in [0.25, 0.3) is 11.1 Å². The number of hydrogen-bond acceptors (Lipinski definition) is 9. The Hall–Kier alpha value is -6.43. The van der Waals surface area contributed by atoms with Crippen LogP contribution in [0.3, 0.4) is 0 Å². The average Bonchev–Trinajstić information content (AvgIpc) is 3.75. The van der Waals surface area contributed by atoms with Crippen molar-refractivity contribution >= 4 is 28.7 Å². The van der Waals surface area contributed by atoms with Crippen molar-refractivity contribution in [3.63, 3.8) is 0 Å².